The molecule has 70 valence electrons. The molecule has 0 saturated carbocycles. The van der Waals surface area contributed by atoms with E-state index in [0.29, 0.717) is 0 Å². The number of rotatable bonds is 1. The summed E-state index contributed by atoms with van der Waals surface area (Å²) < 4.78 is 0. The van der Waals surface area contributed by atoms with E-state index in [1.54, 1.807) is 0 Å². The molecule has 12 heavy (non-hydrogen) atoms. The second-order valence-electron chi connectivity index (χ2n) is 4.49. The number of hydrogen-bond acceptors (Lipinski definition) is 2. The van der Waals surface area contributed by atoms with Crippen LogP contribution in [-0.2, 0) is 0 Å². The predicted molar refractivity (Wildman–Crippen MR) is 51.2 cm³/mol. The molecule has 2 saturated heterocycles. The lowest BCUT2D eigenvalue weighted by Gasteiger charge is -2.37. The highest BCUT2D eigenvalue weighted by Gasteiger charge is 2.32. The zero-order chi connectivity index (χ0) is 8.55. The highest BCUT2D eigenvalue weighted by atomic mass is 15.2. The van der Waals surface area contributed by atoms with Gasteiger partial charge in [0.05, 0.1) is 0 Å². The van der Waals surface area contributed by atoms with Crippen LogP contribution in [0.4, 0.5) is 0 Å². The van der Waals surface area contributed by atoms with Gasteiger partial charge in [-0.2, -0.15) is 0 Å². The van der Waals surface area contributed by atoms with Crippen LogP contribution in [0, 0.1) is 5.92 Å². The largest absolute Gasteiger partial charge is 0.314 e. The van der Waals surface area contributed by atoms with Crippen molar-refractivity contribution in [3.8, 4) is 0 Å². The Labute approximate surface area is 75.3 Å². The molecule has 0 aromatic carbocycles. The van der Waals surface area contributed by atoms with Crippen LogP contribution in [0.15, 0.2) is 0 Å². The minimum absolute atomic E-state index is 0.742. The number of piperidine rings is 1. The summed E-state index contributed by atoms with van der Waals surface area (Å²) in [6, 6.07) is 1.59. The first kappa shape index (κ1) is 8.52. The maximum atomic E-state index is 3.59. The van der Waals surface area contributed by atoms with Crippen molar-refractivity contribution < 1.29 is 0 Å². The summed E-state index contributed by atoms with van der Waals surface area (Å²) in [5.74, 6) is 0.946. The summed E-state index contributed by atoms with van der Waals surface area (Å²) >= 11 is 0. The standard InChI is InChI=1S/C10H20N2/c1-8(2)12-6-4-10-9(7-12)3-5-11-10/h8-11H,3-7H2,1-2H3/t9-,10+/m1/s1. The Morgan fingerprint density at radius 2 is 2.17 bits per heavy atom. The number of fused-ring (bicyclic) bond motifs is 1. The van der Waals surface area contributed by atoms with Gasteiger partial charge in [-0.15, -0.1) is 0 Å². The molecule has 2 heterocycles. The molecule has 2 heteroatoms. The zero-order valence-electron chi connectivity index (χ0n) is 8.21. The maximum absolute atomic E-state index is 3.59. The second-order valence-corrected chi connectivity index (χ2v) is 4.49. The van der Waals surface area contributed by atoms with E-state index >= 15 is 0 Å². The smallest absolute Gasteiger partial charge is 0.0120 e. The van der Waals surface area contributed by atoms with Crippen LogP contribution >= 0.6 is 0 Å². The SMILES string of the molecule is CC(C)N1CC[C@@H]2NCC[C@@H]2C1. The molecule has 0 radical (unpaired) electrons. The van der Waals surface area contributed by atoms with Crippen molar-refractivity contribution in [1.82, 2.24) is 10.2 Å². The van der Waals surface area contributed by atoms with Crippen LogP contribution in [0.25, 0.3) is 0 Å². The van der Waals surface area contributed by atoms with Gasteiger partial charge in [0.25, 0.3) is 0 Å². The summed E-state index contributed by atoms with van der Waals surface area (Å²) in [4.78, 5) is 2.62. The number of nitrogens with zero attached hydrogens (tertiary/aromatic N) is 1. The molecule has 2 fully saturated rings. The van der Waals surface area contributed by atoms with Gasteiger partial charge in [-0.1, -0.05) is 0 Å². The zero-order valence-corrected chi connectivity index (χ0v) is 8.21. The van der Waals surface area contributed by atoms with Crippen molar-refractivity contribution in [2.75, 3.05) is 19.6 Å². The average Bonchev–Trinajstić information content (AvgIpc) is 2.49. The lowest BCUT2D eigenvalue weighted by atomic mass is 9.93. The topological polar surface area (TPSA) is 15.3 Å². The lowest BCUT2D eigenvalue weighted by Crippen LogP contribution is -2.46. The molecular weight excluding hydrogens is 148 g/mol. The third-order valence-corrected chi connectivity index (χ3v) is 3.42. The second kappa shape index (κ2) is 3.35. The van der Waals surface area contributed by atoms with Gasteiger partial charge in [0, 0.05) is 18.6 Å². The molecule has 2 rings (SSSR count). The van der Waals surface area contributed by atoms with Gasteiger partial charge in [-0.25, -0.2) is 0 Å². The summed E-state index contributed by atoms with van der Waals surface area (Å²) in [5.41, 5.74) is 0. The highest BCUT2D eigenvalue weighted by molar-refractivity contribution is 4.90. The fourth-order valence-electron chi connectivity index (χ4n) is 2.54. The molecule has 0 unspecified atom stereocenters. The molecule has 0 amide bonds. The van der Waals surface area contributed by atoms with Gasteiger partial charge in [-0.05, 0) is 45.7 Å². The van der Waals surface area contributed by atoms with Crippen molar-refractivity contribution in [1.29, 1.82) is 0 Å². The Hall–Kier alpha value is -0.0800. The van der Waals surface area contributed by atoms with Gasteiger partial charge in [0.1, 0.15) is 0 Å². The van der Waals surface area contributed by atoms with E-state index < -0.39 is 0 Å². The molecule has 2 atom stereocenters. The van der Waals surface area contributed by atoms with E-state index in [0.717, 1.165) is 18.0 Å². The molecular formula is C10H20N2. The fourth-order valence-corrected chi connectivity index (χ4v) is 2.54. The predicted octanol–water partition coefficient (Wildman–Crippen LogP) is 1.08. The Morgan fingerprint density at radius 3 is 2.92 bits per heavy atom. The van der Waals surface area contributed by atoms with Crippen LogP contribution in [-0.4, -0.2) is 36.6 Å². The van der Waals surface area contributed by atoms with E-state index in [1.165, 1.54) is 32.5 Å². The summed E-state index contributed by atoms with van der Waals surface area (Å²) in [7, 11) is 0. The highest BCUT2D eigenvalue weighted by Crippen LogP contribution is 2.25. The Kier molecular flexibility index (Phi) is 2.37. The van der Waals surface area contributed by atoms with Crippen molar-refractivity contribution in [2.24, 2.45) is 5.92 Å². The molecule has 0 aromatic heterocycles. The van der Waals surface area contributed by atoms with Gasteiger partial charge in [-0.3, -0.25) is 0 Å². The summed E-state index contributed by atoms with van der Waals surface area (Å²) in [6.45, 7) is 8.49. The molecule has 0 spiro atoms. The first-order chi connectivity index (χ1) is 5.77. The fraction of sp³-hybridized carbons (Fsp3) is 1.00. The average molecular weight is 168 g/mol. The van der Waals surface area contributed by atoms with Crippen molar-refractivity contribution in [3.05, 3.63) is 0 Å². The molecule has 0 aromatic rings. The first-order valence-electron chi connectivity index (χ1n) is 5.25. The van der Waals surface area contributed by atoms with Gasteiger partial charge < -0.3 is 10.2 Å². The minimum Gasteiger partial charge on any atom is -0.314 e. The Balaban J connectivity index is 1.92. The number of nitrogens with one attached hydrogen (secondary N) is 1. The van der Waals surface area contributed by atoms with Crippen LogP contribution in [0.2, 0.25) is 0 Å². The maximum Gasteiger partial charge on any atom is 0.0120 e. The van der Waals surface area contributed by atoms with Crippen LogP contribution in [0.3, 0.4) is 0 Å². The van der Waals surface area contributed by atoms with Gasteiger partial charge >= 0.3 is 0 Å². The first-order valence-corrected chi connectivity index (χ1v) is 5.25. The summed E-state index contributed by atoms with van der Waals surface area (Å²) in [6.07, 6.45) is 2.76. The summed E-state index contributed by atoms with van der Waals surface area (Å²) in [5, 5.41) is 3.59. The van der Waals surface area contributed by atoms with Crippen LogP contribution < -0.4 is 5.32 Å². The number of likely N-dealkylation sites (tertiary alicyclic amines) is 1. The molecule has 2 nitrogen and oxygen atoms in total. The Bertz CT molecular complexity index is 156. The molecule has 0 bridgehead atoms. The van der Waals surface area contributed by atoms with Gasteiger partial charge in [0.15, 0.2) is 0 Å². The quantitative estimate of drug-likeness (QED) is 0.630. The van der Waals surface area contributed by atoms with Crippen LogP contribution in [0.1, 0.15) is 26.7 Å². The number of hydrogen-bond donors (Lipinski definition) is 1. The van der Waals surface area contributed by atoms with Crippen molar-refractivity contribution in [2.45, 2.75) is 38.8 Å². The van der Waals surface area contributed by atoms with E-state index in [4.69, 9.17) is 0 Å². The van der Waals surface area contributed by atoms with E-state index in [9.17, 15) is 0 Å². The van der Waals surface area contributed by atoms with Crippen molar-refractivity contribution >= 4 is 0 Å². The van der Waals surface area contributed by atoms with Crippen molar-refractivity contribution in [3.63, 3.8) is 0 Å². The molecule has 2 aliphatic rings. The van der Waals surface area contributed by atoms with E-state index in [-0.39, 0.29) is 0 Å². The molecule has 2 aliphatic heterocycles. The minimum atomic E-state index is 0.742. The van der Waals surface area contributed by atoms with Gasteiger partial charge in [0.2, 0.25) is 0 Å². The monoisotopic (exact) mass is 168 g/mol. The molecule has 1 N–H and O–H groups in total. The van der Waals surface area contributed by atoms with Crippen LogP contribution in [0.5, 0.6) is 0 Å². The third kappa shape index (κ3) is 1.50. The third-order valence-electron chi connectivity index (χ3n) is 3.42. The molecule has 0 aliphatic carbocycles. The lowest BCUT2D eigenvalue weighted by molar-refractivity contribution is 0.130. The van der Waals surface area contributed by atoms with E-state index in [1.807, 2.05) is 0 Å². The Morgan fingerprint density at radius 1 is 1.33 bits per heavy atom. The van der Waals surface area contributed by atoms with E-state index in [2.05, 4.69) is 24.1 Å². The normalized spacial score (nSPS) is 37.2.